The summed E-state index contributed by atoms with van der Waals surface area (Å²) in [6.45, 7) is 2.12. The number of ether oxygens (including phenoxy) is 4. The minimum atomic E-state index is -0.194. The molecule has 1 amide bonds. The molecular weight excluding hydrogens is 398 g/mol. The molecule has 2 aliphatic rings. The number of hydrogen-bond donors (Lipinski definition) is 1. The van der Waals surface area contributed by atoms with Crippen LogP contribution in [0.25, 0.3) is 11.0 Å². The van der Waals surface area contributed by atoms with Crippen LogP contribution >= 0.6 is 0 Å². The fourth-order valence-corrected chi connectivity index (χ4v) is 4.39. The van der Waals surface area contributed by atoms with E-state index in [0.29, 0.717) is 25.3 Å². The van der Waals surface area contributed by atoms with Crippen molar-refractivity contribution in [2.75, 3.05) is 33.7 Å². The predicted octanol–water partition coefficient (Wildman–Crippen LogP) is 3.58. The molecule has 162 valence electrons. The monoisotopic (exact) mass is 423 g/mol. The highest BCUT2D eigenvalue weighted by Gasteiger charge is 2.36. The molecular formula is C24H25NO6. The molecule has 0 atom stereocenters. The number of carbonyl (C=O) groups excluding carboxylic acids is 1. The van der Waals surface area contributed by atoms with Gasteiger partial charge in [-0.05, 0) is 42.7 Å². The van der Waals surface area contributed by atoms with Crippen molar-refractivity contribution in [1.82, 2.24) is 5.32 Å². The van der Waals surface area contributed by atoms with Crippen LogP contribution in [0, 0.1) is 0 Å². The van der Waals surface area contributed by atoms with Crippen LogP contribution in [0.2, 0.25) is 0 Å². The Morgan fingerprint density at radius 2 is 1.94 bits per heavy atom. The predicted molar refractivity (Wildman–Crippen MR) is 114 cm³/mol. The van der Waals surface area contributed by atoms with E-state index < -0.39 is 0 Å². The van der Waals surface area contributed by atoms with Crippen molar-refractivity contribution in [3.05, 3.63) is 53.8 Å². The summed E-state index contributed by atoms with van der Waals surface area (Å²) in [5, 5.41) is 4.08. The maximum Gasteiger partial charge on any atom is 0.231 e. The summed E-state index contributed by atoms with van der Waals surface area (Å²) < 4.78 is 27.5. The highest BCUT2D eigenvalue weighted by Crippen LogP contribution is 2.40. The molecule has 2 aliphatic heterocycles. The second-order valence-electron chi connectivity index (χ2n) is 8.04. The Morgan fingerprint density at radius 3 is 2.77 bits per heavy atom. The Morgan fingerprint density at radius 1 is 1.10 bits per heavy atom. The first kappa shape index (κ1) is 19.8. The summed E-state index contributed by atoms with van der Waals surface area (Å²) in [7, 11) is 1.62. The SMILES string of the molecule is COc1ccc2c(CC(=O)NCC3(c4ccc5c(c4)OCO5)CCOCC3)coc2c1. The number of rotatable bonds is 6. The van der Waals surface area contributed by atoms with E-state index in [1.54, 1.807) is 13.4 Å². The number of fused-ring (bicyclic) bond motifs is 2. The van der Waals surface area contributed by atoms with Gasteiger partial charge >= 0.3 is 0 Å². The first-order chi connectivity index (χ1) is 15.2. The number of hydrogen-bond acceptors (Lipinski definition) is 6. The lowest BCUT2D eigenvalue weighted by molar-refractivity contribution is -0.120. The van der Waals surface area contributed by atoms with Gasteiger partial charge in [0.2, 0.25) is 12.7 Å². The number of benzene rings is 2. The summed E-state index contributed by atoms with van der Waals surface area (Å²) in [5.41, 5.74) is 2.52. The van der Waals surface area contributed by atoms with E-state index in [2.05, 4.69) is 11.4 Å². The fraction of sp³-hybridized carbons (Fsp3) is 0.375. The molecule has 31 heavy (non-hydrogen) atoms. The van der Waals surface area contributed by atoms with E-state index in [1.807, 2.05) is 30.3 Å². The van der Waals surface area contributed by atoms with Crippen molar-refractivity contribution in [2.24, 2.45) is 0 Å². The van der Waals surface area contributed by atoms with Gasteiger partial charge in [0.05, 0.1) is 19.8 Å². The van der Waals surface area contributed by atoms with Crippen LogP contribution in [0.15, 0.2) is 47.1 Å². The molecule has 0 saturated carbocycles. The van der Waals surface area contributed by atoms with E-state index in [1.165, 1.54) is 0 Å². The quantitative estimate of drug-likeness (QED) is 0.653. The van der Waals surface area contributed by atoms with E-state index in [9.17, 15) is 4.79 Å². The minimum Gasteiger partial charge on any atom is -0.497 e. The Kier molecular flexibility index (Phi) is 5.19. The van der Waals surface area contributed by atoms with E-state index in [0.717, 1.165) is 46.6 Å². The third-order valence-electron chi connectivity index (χ3n) is 6.27. The van der Waals surface area contributed by atoms with E-state index in [-0.39, 0.29) is 24.5 Å². The normalized spacial score (nSPS) is 16.9. The van der Waals surface area contributed by atoms with Crippen molar-refractivity contribution in [2.45, 2.75) is 24.7 Å². The standard InChI is InChI=1S/C24H25NO6/c1-27-18-3-4-19-16(13-29-21(19)12-18)10-23(26)25-14-24(6-8-28-9-7-24)17-2-5-20-22(11-17)31-15-30-20/h2-5,11-13H,6-10,14-15H2,1H3,(H,25,26). The van der Waals surface area contributed by atoms with Gasteiger partial charge in [0.15, 0.2) is 11.5 Å². The second-order valence-corrected chi connectivity index (χ2v) is 8.04. The third-order valence-corrected chi connectivity index (χ3v) is 6.27. The Balaban J connectivity index is 1.31. The Labute approximate surface area is 180 Å². The molecule has 0 unspecified atom stereocenters. The van der Waals surface area contributed by atoms with Gasteiger partial charge < -0.3 is 28.7 Å². The van der Waals surface area contributed by atoms with Gasteiger partial charge in [0.25, 0.3) is 0 Å². The number of methoxy groups -OCH3 is 1. The van der Waals surface area contributed by atoms with Crippen molar-refractivity contribution in [3.8, 4) is 17.2 Å². The van der Waals surface area contributed by atoms with E-state index >= 15 is 0 Å². The van der Waals surface area contributed by atoms with Gasteiger partial charge in [-0.1, -0.05) is 6.07 Å². The van der Waals surface area contributed by atoms with Crippen LogP contribution in [0.1, 0.15) is 24.0 Å². The van der Waals surface area contributed by atoms with Crippen molar-refractivity contribution in [3.63, 3.8) is 0 Å². The smallest absolute Gasteiger partial charge is 0.231 e. The minimum absolute atomic E-state index is 0.0369. The van der Waals surface area contributed by atoms with Gasteiger partial charge in [0, 0.05) is 42.2 Å². The van der Waals surface area contributed by atoms with Gasteiger partial charge in [-0.3, -0.25) is 4.79 Å². The van der Waals surface area contributed by atoms with Gasteiger partial charge in [-0.15, -0.1) is 0 Å². The number of nitrogens with one attached hydrogen (secondary N) is 1. The molecule has 0 bridgehead atoms. The largest absolute Gasteiger partial charge is 0.497 e. The highest BCUT2D eigenvalue weighted by molar-refractivity contribution is 5.88. The van der Waals surface area contributed by atoms with Crippen LogP contribution in [0.5, 0.6) is 17.2 Å². The van der Waals surface area contributed by atoms with Crippen molar-refractivity contribution >= 4 is 16.9 Å². The maximum atomic E-state index is 12.8. The third kappa shape index (κ3) is 3.81. The molecule has 2 aromatic carbocycles. The lowest BCUT2D eigenvalue weighted by Gasteiger charge is -2.38. The molecule has 0 radical (unpaired) electrons. The molecule has 3 heterocycles. The number of amides is 1. The summed E-state index contributed by atoms with van der Waals surface area (Å²) in [4.78, 5) is 12.8. The molecule has 1 N–H and O–H groups in total. The van der Waals surface area contributed by atoms with Crippen LogP contribution < -0.4 is 19.5 Å². The molecule has 3 aromatic rings. The molecule has 1 saturated heterocycles. The summed E-state index contributed by atoms with van der Waals surface area (Å²) in [6, 6.07) is 11.7. The second kappa shape index (κ2) is 8.15. The van der Waals surface area contributed by atoms with Crippen LogP contribution in [-0.4, -0.2) is 39.6 Å². The first-order valence-electron chi connectivity index (χ1n) is 10.5. The number of furan rings is 1. The van der Waals surface area contributed by atoms with E-state index in [4.69, 9.17) is 23.4 Å². The zero-order valence-corrected chi connectivity index (χ0v) is 17.4. The van der Waals surface area contributed by atoms with Crippen LogP contribution in [0.3, 0.4) is 0 Å². The maximum absolute atomic E-state index is 12.8. The Bertz CT molecular complexity index is 1100. The molecule has 0 spiro atoms. The first-order valence-corrected chi connectivity index (χ1v) is 10.5. The molecule has 1 aromatic heterocycles. The summed E-state index contributed by atoms with van der Waals surface area (Å²) >= 11 is 0. The highest BCUT2D eigenvalue weighted by atomic mass is 16.7. The molecule has 0 aliphatic carbocycles. The number of carbonyl (C=O) groups is 1. The lowest BCUT2D eigenvalue weighted by Crippen LogP contribution is -2.45. The zero-order chi connectivity index (χ0) is 21.3. The summed E-state index contributed by atoms with van der Waals surface area (Å²) in [6.07, 6.45) is 3.57. The van der Waals surface area contributed by atoms with Crippen molar-refractivity contribution < 1.29 is 28.2 Å². The van der Waals surface area contributed by atoms with Gasteiger partial charge in [-0.2, -0.15) is 0 Å². The fourth-order valence-electron chi connectivity index (χ4n) is 4.39. The molecule has 1 fully saturated rings. The summed E-state index contributed by atoms with van der Waals surface area (Å²) in [5.74, 6) is 2.21. The lowest BCUT2D eigenvalue weighted by atomic mass is 9.74. The molecule has 7 nitrogen and oxygen atoms in total. The van der Waals surface area contributed by atoms with Gasteiger partial charge in [0.1, 0.15) is 11.3 Å². The Hall–Kier alpha value is -3.19. The average Bonchev–Trinajstić information content (AvgIpc) is 3.44. The van der Waals surface area contributed by atoms with Crippen LogP contribution in [0.4, 0.5) is 0 Å². The topological polar surface area (TPSA) is 79.2 Å². The molecule has 7 heteroatoms. The van der Waals surface area contributed by atoms with Crippen LogP contribution in [-0.2, 0) is 21.4 Å². The molecule has 5 rings (SSSR count). The van der Waals surface area contributed by atoms with Gasteiger partial charge in [-0.25, -0.2) is 0 Å². The zero-order valence-electron chi connectivity index (χ0n) is 17.4. The van der Waals surface area contributed by atoms with Crippen molar-refractivity contribution in [1.29, 1.82) is 0 Å². The average molecular weight is 423 g/mol.